The van der Waals surface area contributed by atoms with Crippen molar-refractivity contribution in [1.29, 1.82) is 0 Å². The number of hydrogen-bond donors (Lipinski definition) is 1. The van der Waals surface area contributed by atoms with Crippen molar-refractivity contribution in [3.8, 4) is 11.3 Å². The number of benzene rings is 1. The maximum absolute atomic E-state index is 13.1. The number of carbonyl (C=O) groups excluding carboxylic acids is 2. The summed E-state index contributed by atoms with van der Waals surface area (Å²) in [7, 11) is 0. The van der Waals surface area contributed by atoms with Gasteiger partial charge in [0.05, 0.1) is 12.3 Å². The van der Waals surface area contributed by atoms with Gasteiger partial charge in [-0.05, 0) is 32.8 Å². The predicted octanol–water partition coefficient (Wildman–Crippen LogP) is 5.62. The molecular weight excluding hydrogens is 390 g/mol. The number of alkyl carbamates (subject to hydrolysis) is 1. The fraction of sp³-hybridized carbons (Fsp3) is 0.560. The van der Waals surface area contributed by atoms with E-state index in [-0.39, 0.29) is 17.9 Å². The normalized spacial score (nSPS) is 14.9. The van der Waals surface area contributed by atoms with E-state index in [1.54, 1.807) is 4.68 Å². The first kappa shape index (κ1) is 23.0. The molecule has 1 heterocycles. The van der Waals surface area contributed by atoms with E-state index in [1.807, 2.05) is 57.2 Å². The van der Waals surface area contributed by atoms with Crippen LogP contribution in [0.5, 0.6) is 0 Å². The van der Waals surface area contributed by atoms with E-state index >= 15 is 0 Å². The molecule has 0 aliphatic heterocycles. The van der Waals surface area contributed by atoms with Crippen molar-refractivity contribution in [3.63, 3.8) is 0 Å². The lowest BCUT2D eigenvalue weighted by molar-refractivity contribution is 0.0937. The standard InChI is InChI=1S/C25H35N3O3/c1-25(2,3)26-24(30)31-16-10-15-28-22(23(29)17-19-11-6-4-7-12-19)18-21(27-28)20-13-8-5-9-14-20/h5,8-9,13-14,18-19H,4,6-7,10-12,15-17H2,1-3H3,(H,26,30). The zero-order valence-electron chi connectivity index (χ0n) is 19.0. The molecule has 1 saturated carbocycles. The van der Waals surface area contributed by atoms with Crippen LogP contribution in [0.2, 0.25) is 0 Å². The van der Waals surface area contributed by atoms with Crippen molar-refractivity contribution in [3.05, 3.63) is 42.1 Å². The first-order valence-corrected chi connectivity index (χ1v) is 11.4. The molecular formula is C25H35N3O3. The molecule has 2 aromatic rings. The summed E-state index contributed by atoms with van der Waals surface area (Å²) in [5.41, 5.74) is 2.12. The Bertz CT molecular complexity index is 862. The van der Waals surface area contributed by atoms with Crippen LogP contribution in [-0.4, -0.2) is 33.8 Å². The molecule has 1 aromatic heterocycles. The van der Waals surface area contributed by atoms with Crippen LogP contribution in [0, 0.1) is 5.92 Å². The molecule has 6 heteroatoms. The van der Waals surface area contributed by atoms with E-state index in [9.17, 15) is 9.59 Å². The molecule has 1 aliphatic carbocycles. The van der Waals surface area contributed by atoms with E-state index in [0.29, 0.717) is 31.0 Å². The molecule has 0 atom stereocenters. The summed E-state index contributed by atoms with van der Waals surface area (Å²) in [5.74, 6) is 0.641. The summed E-state index contributed by atoms with van der Waals surface area (Å²) < 4.78 is 7.07. The van der Waals surface area contributed by atoms with Crippen molar-refractivity contribution < 1.29 is 14.3 Å². The maximum Gasteiger partial charge on any atom is 0.407 e. The highest BCUT2D eigenvalue weighted by Gasteiger charge is 2.22. The van der Waals surface area contributed by atoms with Crippen LogP contribution in [0.25, 0.3) is 11.3 Å². The molecule has 1 fully saturated rings. The Hall–Kier alpha value is -2.63. The number of aryl methyl sites for hydroxylation is 1. The van der Waals surface area contributed by atoms with Crippen LogP contribution >= 0.6 is 0 Å². The van der Waals surface area contributed by atoms with Crippen molar-refractivity contribution in [2.24, 2.45) is 5.92 Å². The van der Waals surface area contributed by atoms with E-state index in [4.69, 9.17) is 9.84 Å². The lowest BCUT2D eigenvalue weighted by atomic mass is 9.85. The molecule has 0 radical (unpaired) electrons. The Morgan fingerprint density at radius 1 is 1.13 bits per heavy atom. The van der Waals surface area contributed by atoms with Crippen molar-refractivity contribution in [2.45, 2.75) is 77.8 Å². The summed E-state index contributed by atoms with van der Waals surface area (Å²) in [5, 5.41) is 7.49. The Morgan fingerprint density at radius 3 is 2.52 bits per heavy atom. The first-order valence-electron chi connectivity index (χ1n) is 11.4. The number of ketones is 1. The van der Waals surface area contributed by atoms with Crippen molar-refractivity contribution >= 4 is 11.9 Å². The largest absolute Gasteiger partial charge is 0.449 e. The highest BCUT2D eigenvalue weighted by Crippen LogP contribution is 2.28. The number of hydrogen-bond acceptors (Lipinski definition) is 4. The molecule has 1 aromatic carbocycles. The molecule has 1 amide bonds. The van der Waals surface area contributed by atoms with Crippen LogP contribution in [0.4, 0.5) is 4.79 Å². The SMILES string of the molecule is CC(C)(C)NC(=O)OCCCn1nc(-c2ccccc2)cc1C(=O)CC1CCCCC1. The average molecular weight is 426 g/mol. The van der Waals surface area contributed by atoms with Crippen LogP contribution in [0.3, 0.4) is 0 Å². The average Bonchev–Trinajstić information content (AvgIpc) is 3.16. The van der Waals surface area contributed by atoms with Gasteiger partial charge in [-0.25, -0.2) is 4.79 Å². The van der Waals surface area contributed by atoms with Gasteiger partial charge >= 0.3 is 6.09 Å². The van der Waals surface area contributed by atoms with Crippen LogP contribution in [0.15, 0.2) is 36.4 Å². The second-order valence-corrected chi connectivity index (χ2v) is 9.50. The third-order valence-electron chi connectivity index (χ3n) is 5.56. The monoisotopic (exact) mass is 425 g/mol. The number of carbonyl (C=O) groups is 2. The highest BCUT2D eigenvalue weighted by atomic mass is 16.5. The van der Waals surface area contributed by atoms with E-state index < -0.39 is 6.09 Å². The number of nitrogens with zero attached hydrogens (tertiary/aromatic N) is 2. The summed E-state index contributed by atoms with van der Waals surface area (Å²) >= 11 is 0. The van der Waals surface area contributed by atoms with Gasteiger partial charge in [0.2, 0.25) is 0 Å². The number of ether oxygens (including phenoxy) is 1. The van der Waals surface area contributed by atoms with Gasteiger partial charge in [0.25, 0.3) is 0 Å². The topological polar surface area (TPSA) is 73.2 Å². The van der Waals surface area contributed by atoms with Gasteiger partial charge in [0, 0.05) is 30.5 Å². The second-order valence-electron chi connectivity index (χ2n) is 9.50. The highest BCUT2D eigenvalue weighted by molar-refractivity contribution is 5.95. The van der Waals surface area contributed by atoms with Gasteiger partial charge in [-0.3, -0.25) is 9.48 Å². The van der Waals surface area contributed by atoms with E-state index in [0.717, 1.165) is 24.1 Å². The van der Waals surface area contributed by atoms with Crippen molar-refractivity contribution in [2.75, 3.05) is 6.61 Å². The Morgan fingerprint density at radius 2 is 1.84 bits per heavy atom. The van der Waals surface area contributed by atoms with Crippen LogP contribution < -0.4 is 5.32 Å². The lowest BCUT2D eigenvalue weighted by Crippen LogP contribution is -2.41. The number of Topliss-reactive ketones (excluding diaryl/α,β-unsaturated/α-hetero) is 1. The summed E-state index contributed by atoms with van der Waals surface area (Å²) in [6, 6.07) is 11.8. The van der Waals surface area contributed by atoms with Crippen molar-refractivity contribution in [1.82, 2.24) is 15.1 Å². The molecule has 0 spiro atoms. The fourth-order valence-electron chi connectivity index (χ4n) is 4.04. The minimum atomic E-state index is -0.425. The predicted molar refractivity (Wildman–Crippen MR) is 122 cm³/mol. The molecule has 0 unspecified atom stereocenters. The van der Waals surface area contributed by atoms with Gasteiger partial charge in [-0.15, -0.1) is 0 Å². The molecule has 3 rings (SSSR count). The third kappa shape index (κ3) is 7.23. The molecule has 168 valence electrons. The smallest absolute Gasteiger partial charge is 0.407 e. The Kier molecular flexibility index (Phi) is 7.88. The Balaban J connectivity index is 1.66. The fourth-order valence-corrected chi connectivity index (χ4v) is 4.04. The summed E-state index contributed by atoms with van der Waals surface area (Å²) in [6.45, 7) is 6.54. The maximum atomic E-state index is 13.1. The summed E-state index contributed by atoms with van der Waals surface area (Å²) in [6.07, 6.45) is 6.77. The molecule has 1 aliphatic rings. The van der Waals surface area contributed by atoms with Gasteiger partial charge in [0.15, 0.2) is 5.78 Å². The minimum Gasteiger partial charge on any atom is -0.449 e. The zero-order chi connectivity index (χ0) is 22.3. The third-order valence-corrected chi connectivity index (χ3v) is 5.56. The van der Waals surface area contributed by atoms with E-state index in [1.165, 1.54) is 19.3 Å². The van der Waals surface area contributed by atoms with Crippen LogP contribution in [-0.2, 0) is 11.3 Å². The van der Waals surface area contributed by atoms with E-state index in [2.05, 4.69) is 5.32 Å². The number of nitrogens with one attached hydrogen (secondary N) is 1. The molecule has 31 heavy (non-hydrogen) atoms. The number of aromatic nitrogens is 2. The first-order chi connectivity index (χ1) is 14.8. The van der Waals surface area contributed by atoms with Gasteiger partial charge in [0.1, 0.15) is 5.69 Å². The lowest BCUT2D eigenvalue weighted by Gasteiger charge is -2.21. The zero-order valence-corrected chi connectivity index (χ0v) is 19.0. The summed E-state index contributed by atoms with van der Waals surface area (Å²) in [4.78, 5) is 25.0. The second kappa shape index (κ2) is 10.6. The Labute approximate surface area is 185 Å². The molecule has 0 saturated heterocycles. The molecule has 6 nitrogen and oxygen atoms in total. The minimum absolute atomic E-state index is 0.160. The van der Waals surface area contributed by atoms with Crippen LogP contribution in [0.1, 0.15) is 76.2 Å². The van der Waals surface area contributed by atoms with Gasteiger partial charge in [-0.2, -0.15) is 5.10 Å². The molecule has 0 bridgehead atoms. The van der Waals surface area contributed by atoms with Gasteiger partial charge < -0.3 is 10.1 Å². The molecule has 1 N–H and O–H groups in total. The number of rotatable bonds is 8. The quantitative estimate of drug-likeness (QED) is 0.440. The van der Waals surface area contributed by atoms with Gasteiger partial charge in [-0.1, -0.05) is 62.4 Å². The number of amides is 1.